The number of pyridine rings is 1. The summed E-state index contributed by atoms with van der Waals surface area (Å²) in [6.45, 7) is -0.144. The summed E-state index contributed by atoms with van der Waals surface area (Å²) < 4.78 is 63.0. The highest BCUT2D eigenvalue weighted by Gasteiger charge is 2.34. The normalized spacial score (nSPS) is 12.2. The average Bonchev–Trinajstić information content (AvgIpc) is 2.44. The molecule has 9 heteroatoms. The Labute approximate surface area is 139 Å². The minimum absolute atomic E-state index is 0.0672. The van der Waals surface area contributed by atoms with Gasteiger partial charge in [-0.3, -0.25) is 0 Å². The lowest BCUT2D eigenvalue weighted by Gasteiger charge is -2.15. The molecule has 0 bridgehead atoms. The van der Waals surface area contributed by atoms with E-state index >= 15 is 0 Å². The van der Waals surface area contributed by atoms with Crippen LogP contribution in [-0.4, -0.2) is 19.7 Å². The van der Waals surface area contributed by atoms with Crippen LogP contribution in [-0.2, 0) is 22.6 Å². The van der Waals surface area contributed by atoms with Crippen LogP contribution in [0, 0.1) is 0 Å². The SMILES string of the molecule is CS(=O)(=O)c1ccc(CNc2ncccc2Br)c(C(F)(F)F)c1. The standard InChI is InChI=1S/C14H12BrF3N2O2S/c1-23(21,22)10-5-4-9(11(7-10)14(16,17)18)8-20-13-12(15)3-2-6-19-13/h2-7H,8H2,1H3,(H,19,20). The molecule has 1 aromatic carbocycles. The van der Waals surface area contributed by atoms with Gasteiger partial charge in [-0.25, -0.2) is 13.4 Å². The Morgan fingerprint density at radius 3 is 2.52 bits per heavy atom. The molecule has 4 nitrogen and oxygen atoms in total. The van der Waals surface area contributed by atoms with E-state index in [0.29, 0.717) is 16.4 Å². The van der Waals surface area contributed by atoms with E-state index in [-0.39, 0.29) is 17.0 Å². The maximum Gasteiger partial charge on any atom is 0.416 e. The number of hydrogen-bond acceptors (Lipinski definition) is 4. The lowest BCUT2D eigenvalue weighted by Crippen LogP contribution is -2.14. The van der Waals surface area contributed by atoms with Gasteiger partial charge < -0.3 is 5.32 Å². The third-order valence-corrected chi connectivity index (χ3v) is 4.77. The van der Waals surface area contributed by atoms with E-state index in [2.05, 4.69) is 26.2 Å². The van der Waals surface area contributed by atoms with Crippen molar-refractivity contribution < 1.29 is 21.6 Å². The first-order valence-electron chi connectivity index (χ1n) is 6.33. The van der Waals surface area contributed by atoms with Gasteiger partial charge in [-0.1, -0.05) is 6.07 Å². The van der Waals surface area contributed by atoms with Crippen LogP contribution < -0.4 is 5.32 Å². The highest BCUT2D eigenvalue weighted by Crippen LogP contribution is 2.34. The maximum atomic E-state index is 13.2. The van der Waals surface area contributed by atoms with Crippen LogP contribution in [0.15, 0.2) is 45.9 Å². The fourth-order valence-corrected chi connectivity index (χ4v) is 2.94. The molecule has 124 valence electrons. The molecular formula is C14H12BrF3N2O2S. The Morgan fingerprint density at radius 1 is 1.26 bits per heavy atom. The maximum absolute atomic E-state index is 13.2. The zero-order valence-corrected chi connectivity index (χ0v) is 14.3. The number of hydrogen-bond donors (Lipinski definition) is 1. The van der Waals surface area contributed by atoms with Crippen molar-refractivity contribution in [1.29, 1.82) is 0 Å². The number of aromatic nitrogens is 1. The fourth-order valence-electron chi connectivity index (χ4n) is 1.90. The van der Waals surface area contributed by atoms with E-state index in [9.17, 15) is 21.6 Å². The molecule has 0 aliphatic carbocycles. The van der Waals surface area contributed by atoms with Crippen molar-refractivity contribution in [2.45, 2.75) is 17.6 Å². The summed E-state index contributed by atoms with van der Waals surface area (Å²) >= 11 is 3.24. The first-order valence-corrected chi connectivity index (χ1v) is 9.02. The molecule has 0 saturated heterocycles. The lowest BCUT2D eigenvalue weighted by molar-refractivity contribution is -0.138. The van der Waals surface area contributed by atoms with Crippen LogP contribution in [0.3, 0.4) is 0 Å². The summed E-state index contributed by atoms with van der Waals surface area (Å²) in [6.07, 6.45) is -2.28. The minimum Gasteiger partial charge on any atom is -0.365 e. The predicted molar refractivity (Wildman–Crippen MR) is 83.8 cm³/mol. The van der Waals surface area contributed by atoms with Gasteiger partial charge in [-0.15, -0.1) is 0 Å². The number of benzene rings is 1. The van der Waals surface area contributed by atoms with Gasteiger partial charge in [0.15, 0.2) is 9.84 Å². The van der Waals surface area contributed by atoms with Crippen molar-refractivity contribution in [1.82, 2.24) is 4.98 Å². The molecule has 2 aromatic rings. The van der Waals surface area contributed by atoms with E-state index in [1.165, 1.54) is 6.20 Å². The van der Waals surface area contributed by atoms with Crippen LogP contribution in [0.4, 0.5) is 19.0 Å². The molecule has 0 amide bonds. The quantitative estimate of drug-likeness (QED) is 0.833. The first kappa shape index (κ1) is 17.7. The van der Waals surface area contributed by atoms with Gasteiger partial charge in [-0.2, -0.15) is 13.2 Å². The summed E-state index contributed by atoms with van der Waals surface area (Å²) in [5.74, 6) is 0.396. The van der Waals surface area contributed by atoms with Gasteiger partial charge in [0, 0.05) is 19.0 Å². The Morgan fingerprint density at radius 2 is 1.96 bits per heavy atom. The minimum atomic E-state index is -4.65. The van der Waals surface area contributed by atoms with Gasteiger partial charge in [0.2, 0.25) is 0 Å². The number of nitrogens with zero attached hydrogens (tertiary/aromatic N) is 1. The second-order valence-electron chi connectivity index (χ2n) is 4.78. The molecule has 2 rings (SSSR count). The zero-order valence-electron chi connectivity index (χ0n) is 11.9. The van der Waals surface area contributed by atoms with Gasteiger partial charge in [0.05, 0.1) is 14.9 Å². The van der Waals surface area contributed by atoms with Crippen molar-refractivity contribution >= 4 is 31.6 Å². The molecule has 0 unspecified atom stereocenters. The van der Waals surface area contributed by atoms with E-state index in [4.69, 9.17) is 0 Å². The average molecular weight is 409 g/mol. The third-order valence-electron chi connectivity index (χ3n) is 3.02. The van der Waals surface area contributed by atoms with Gasteiger partial charge in [0.1, 0.15) is 5.82 Å². The lowest BCUT2D eigenvalue weighted by atomic mass is 10.1. The van der Waals surface area contributed by atoms with Gasteiger partial charge in [0.25, 0.3) is 0 Å². The van der Waals surface area contributed by atoms with Crippen LogP contribution in [0.1, 0.15) is 11.1 Å². The first-order chi connectivity index (χ1) is 10.6. The molecule has 0 fully saturated rings. The molecule has 0 spiro atoms. The second kappa shape index (κ2) is 6.48. The van der Waals surface area contributed by atoms with E-state index in [0.717, 1.165) is 18.4 Å². The number of halogens is 4. The van der Waals surface area contributed by atoms with Crippen molar-refractivity contribution in [3.05, 3.63) is 52.1 Å². The van der Waals surface area contributed by atoms with Crippen LogP contribution in [0.25, 0.3) is 0 Å². The van der Waals surface area contributed by atoms with Gasteiger partial charge in [-0.05, 0) is 45.8 Å². The van der Waals surface area contributed by atoms with Crippen molar-refractivity contribution in [2.24, 2.45) is 0 Å². The molecule has 1 heterocycles. The number of nitrogens with one attached hydrogen (secondary N) is 1. The highest BCUT2D eigenvalue weighted by atomic mass is 79.9. The molecular weight excluding hydrogens is 397 g/mol. The number of anilines is 1. The Kier molecular flexibility index (Phi) is 5.00. The van der Waals surface area contributed by atoms with Crippen LogP contribution in [0.5, 0.6) is 0 Å². The van der Waals surface area contributed by atoms with E-state index < -0.39 is 21.6 Å². The topological polar surface area (TPSA) is 59.1 Å². The molecule has 0 atom stereocenters. The third kappa shape index (κ3) is 4.44. The number of alkyl halides is 3. The summed E-state index contributed by atoms with van der Waals surface area (Å²) in [7, 11) is -3.72. The van der Waals surface area contributed by atoms with Crippen molar-refractivity contribution in [3.8, 4) is 0 Å². The zero-order chi connectivity index (χ0) is 17.3. The van der Waals surface area contributed by atoms with Crippen molar-refractivity contribution in [3.63, 3.8) is 0 Å². The van der Waals surface area contributed by atoms with E-state index in [1.807, 2.05) is 0 Å². The largest absolute Gasteiger partial charge is 0.416 e. The Hall–Kier alpha value is -1.61. The molecule has 0 radical (unpaired) electrons. The molecule has 1 aromatic heterocycles. The fraction of sp³-hybridized carbons (Fsp3) is 0.214. The van der Waals surface area contributed by atoms with Crippen molar-refractivity contribution in [2.75, 3.05) is 11.6 Å². The number of rotatable bonds is 4. The monoisotopic (exact) mass is 408 g/mol. The number of sulfone groups is 1. The second-order valence-corrected chi connectivity index (χ2v) is 7.65. The summed E-state index contributed by atoms with van der Waals surface area (Å²) in [5, 5.41) is 2.79. The van der Waals surface area contributed by atoms with E-state index in [1.54, 1.807) is 12.1 Å². The summed E-state index contributed by atoms with van der Waals surface area (Å²) in [4.78, 5) is 3.64. The van der Waals surface area contributed by atoms with Crippen LogP contribution in [0.2, 0.25) is 0 Å². The molecule has 0 aliphatic rings. The summed E-state index contributed by atoms with van der Waals surface area (Å²) in [6, 6.07) is 6.35. The molecule has 0 aliphatic heterocycles. The molecule has 0 saturated carbocycles. The smallest absolute Gasteiger partial charge is 0.365 e. The molecule has 23 heavy (non-hydrogen) atoms. The highest BCUT2D eigenvalue weighted by molar-refractivity contribution is 9.10. The Balaban J connectivity index is 2.37. The predicted octanol–water partition coefficient (Wildman–Crippen LogP) is 3.88. The molecule has 1 N–H and O–H groups in total. The summed E-state index contributed by atoms with van der Waals surface area (Å²) in [5.41, 5.74) is -1.05. The Bertz CT molecular complexity index is 823. The van der Waals surface area contributed by atoms with Gasteiger partial charge >= 0.3 is 6.18 Å². The van der Waals surface area contributed by atoms with Crippen LogP contribution >= 0.6 is 15.9 Å².